The largest absolute Gasteiger partial charge is 0.346 e. The highest BCUT2D eigenvalue weighted by Crippen LogP contribution is 2.41. The van der Waals surface area contributed by atoms with Gasteiger partial charge in [-0.25, -0.2) is 0 Å². The molecule has 0 radical (unpaired) electrons. The third-order valence-corrected chi connectivity index (χ3v) is 6.25. The molecule has 6 rings (SSSR count). The molecule has 3 saturated heterocycles. The monoisotopic (exact) mass is 446 g/mol. The summed E-state index contributed by atoms with van der Waals surface area (Å²) in [4.78, 5) is 0. The van der Waals surface area contributed by atoms with Gasteiger partial charge < -0.3 is 28.4 Å². The fourth-order valence-electron chi connectivity index (χ4n) is 4.59. The molecule has 6 nitrogen and oxygen atoms in total. The minimum Gasteiger partial charge on any atom is -0.346 e. The van der Waals surface area contributed by atoms with Crippen molar-refractivity contribution >= 4 is 0 Å². The average molecular weight is 446 g/mol. The van der Waals surface area contributed by atoms with Crippen LogP contribution in [0.1, 0.15) is 35.6 Å². The van der Waals surface area contributed by atoms with Gasteiger partial charge in [0.15, 0.2) is 18.9 Å². The molecule has 3 fully saturated rings. The Balaban J connectivity index is 1.26. The first-order valence-corrected chi connectivity index (χ1v) is 11.3. The third kappa shape index (κ3) is 4.34. The molecule has 170 valence electrons. The van der Waals surface area contributed by atoms with Crippen molar-refractivity contribution in [2.24, 2.45) is 0 Å². The van der Waals surface area contributed by atoms with Gasteiger partial charge in [0.2, 0.25) is 0 Å². The summed E-state index contributed by atoms with van der Waals surface area (Å²) < 4.78 is 37.8. The van der Waals surface area contributed by atoms with Crippen LogP contribution in [0.2, 0.25) is 0 Å². The molecule has 3 unspecified atom stereocenters. The van der Waals surface area contributed by atoms with Gasteiger partial charge in [-0.2, -0.15) is 0 Å². The van der Waals surface area contributed by atoms with Crippen molar-refractivity contribution in [1.82, 2.24) is 0 Å². The van der Waals surface area contributed by atoms with E-state index in [1.54, 1.807) is 0 Å². The molecular formula is C27H26O6. The Bertz CT molecular complexity index is 1030. The maximum absolute atomic E-state index is 6.53. The predicted molar refractivity (Wildman–Crippen MR) is 119 cm³/mol. The summed E-state index contributed by atoms with van der Waals surface area (Å²) in [6.07, 6.45) is -2.84. The fraction of sp³-hybridized carbons (Fsp3) is 0.333. The lowest BCUT2D eigenvalue weighted by Gasteiger charge is -2.29. The van der Waals surface area contributed by atoms with Gasteiger partial charge in [0.1, 0.15) is 24.4 Å². The van der Waals surface area contributed by atoms with E-state index in [4.69, 9.17) is 28.4 Å². The highest BCUT2D eigenvalue weighted by atomic mass is 16.8. The lowest BCUT2D eigenvalue weighted by molar-refractivity contribution is -0.217. The first-order chi connectivity index (χ1) is 16.3. The zero-order valence-electron chi connectivity index (χ0n) is 18.1. The second-order valence-electron chi connectivity index (χ2n) is 8.44. The van der Waals surface area contributed by atoms with Gasteiger partial charge in [0.05, 0.1) is 13.2 Å². The number of rotatable bonds is 4. The van der Waals surface area contributed by atoms with Gasteiger partial charge in [-0.1, -0.05) is 91.0 Å². The van der Waals surface area contributed by atoms with E-state index in [-0.39, 0.29) is 18.3 Å². The number of ether oxygens (including phenoxy) is 6. The molecule has 3 aliphatic heterocycles. The van der Waals surface area contributed by atoms with Gasteiger partial charge in [-0.15, -0.1) is 0 Å². The van der Waals surface area contributed by atoms with E-state index in [0.717, 1.165) is 16.7 Å². The van der Waals surface area contributed by atoms with Crippen LogP contribution in [-0.4, -0.2) is 37.6 Å². The highest BCUT2D eigenvalue weighted by Gasteiger charge is 2.50. The molecule has 33 heavy (non-hydrogen) atoms. The summed E-state index contributed by atoms with van der Waals surface area (Å²) in [6, 6.07) is 29.8. The third-order valence-electron chi connectivity index (χ3n) is 6.25. The van der Waals surface area contributed by atoms with Crippen molar-refractivity contribution in [2.45, 2.75) is 43.3 Å². The van der Waals surface area contributed by atoms with E-state index in [9.17, 15) is 0 Å². The van der Waals surface area contributed by atoms with Gasteiger partial charge >= 0.3 is 0 Å². The Kier molecular flexibility index (Phi) is 5.94. The van der Waals surface area contributed by atoms with Gasteiger partial charge in [-0.3, -0.25) is 0 Å². The topological polar surface area (TPSA) is 55.4 Å². The zero-order chi connectivity index (χ0) is 22.0. The number of hydrogen-bond donors (Lipinski definition) is 0. The Morgan fingerprint density at radius 2 is 0.788 bits per heavy atom. The van der Waals surface area contributed by atoms with E-state index in [1.165, 1.54) is 0 Å². The lowest BCUT2D eigenvalue weighted by Crippen LogP contribution is -2.45. The molecule has 7 atom stereocenters. The van der Waals surface area contributed by atoms with Gasteiger partial charge in [0, 0.05) is 16.7 Å². The number of fused-ring (bicyclic) bond motifs is 1. The molecule has 0 bridgehead atoms. The maximum Gasteiger partial charge on any atom is 0.184 e. The molecule has 6 heteroatoms. The van der Waals surface area contributed by atoms with E-state index >= 15 is 0 Å². The molecular weight excluding hydrogens is 420 g/mol. The molecule has 3 aromatic rings. The number of hydrogen-bond acceptors (Lipinski definition) is 6. The summed E-state index contributed by atoms with van der Waals surface area (Å²) >= 11 is 0. The minimum absolute atomic E-state index is 0.284. The van der Waals surface area contributed by atoms with E-state index in [2.05, 4.69) is 0 Å². The Morgan fingerprint density at radius 1 is 0.424 bits per heavy atom. The van der Waals surface area contributed by atoms with Gasteiger partial charge in [-0.05, 0) is 0 Å². The maximum atomic E-state index is 6.53. The minimum atomic E-state index is -0.538. The van der Waals surface area contributed by atoms with Crippen molar-refractivity contribution in [3.8, 4) is 0 Å². The molecule has 0 spiro atoms. The molecule has 0 aliphatic carbocycles. The van der Waals surface area contributed by atoms with Crippen LogP contribution in [0, 0.1) is 0 Å². The normalized spacial score (nSPS) is 34.0. The quantitative estimate of drug-likeness (QED) is 0.579. The first-order valence-electron chi connectivity index (χ1n) is 11.3. The molecule has 0 aromatic heterocycles. The molecule has 0 saturated carbocycles. The Labute approximate surface area is 192 Å². The molecule has 3 aliphatic rings. The van der Waals surface area contributed by atoms with Crippen LogP contribution in [0.4, 0.5) is 0 Å². The zero-order valence-corrected chi connectivity index (χ0v) is 18.1. The molecule has 0 N–H and O–H groups in total. The second kappa shape index (κ2) is 9.35. The van der Waals surface area contributed by atoms with E-state index in [0.29, 0.717) is 13.2 Å². The van der Waals surface area contributed by atoms with Crippen LogP contribution in [-0.2, 0) is 28.4 Å². The summed E-state index contributed by atoms with van der Waals surface area (Å²) in [5.74, 6) is 0. The molecule has 0 amide bonds. The molecule has 3 heterocycles. The van der Waals surface area contributed by atoms with Crippen LogP contribution in [0.15, 0.2) is 91.0 Å². The van der Waals surface area contributed by atoms with Crippen molar-refractivity contribution in [2.75, 3.05) is 13.2 Å². The van der Waals surface area contributed by atoms with Crippen LogP contribution < -0.4 is 0 Å². The summed E-state index contributed by atoms with van der Waals surface area (Å²) in [7, 11) is 0. The SMILES string of the molecule is c1ccc(C2OC[C@H]3OC(c4ccccc4)O[C@H]3[C@@H]([C@@H]3COC(c4ccccc4)O3)O2)cc1. The van der Waals surface area contributed by atoms with Crippen LogP contribution >= 0.6 is 0 Å². The van der Waals surface area contributed by atoms with E-state index < -0.39 is 25.0 Å². The standard InChI is InChI=1S/C27H26O6/c1-4-10-18(11-5-1)25-28-16-21(30-25)23-24-22(31-27(33-24)20-14-8-3-9-15-20)17-29-26(32-23)19-12-6-2-7-13-19/h1-15,21-27H,16-17H2/t21-,22+,23+,24+,25?,26?,27?/m0/s1. The van der Waals surface area contributed by atoms with Crippen molar-refractivity contribution < 1.29 is 28.4 Å². The van der Waals surface area contributed by atoms with Gasteiger partial charge in [0.25, 0.3) is 0 Å². The average Bonchev–Trinajstić information content (AvgIpc) is 3.51. The van der Waals surface area contributed by atoms with Crippen molar-refractivity contribution in [1.29, 1.82) is 0 Å². The summed E-state index contributed by atoms with van der Waals surface area (Å²) in [5, 5.41) is 0. The smallest absolute Gasteiger partial charge is 0.184 e. The molecule has 3 aromatic carbocycles. The summed E-state index contributed by atoms with van der Waals surface area (Å²) in [6.45, 7) is 0.758. The van der Waals surface area contributed by atoms with Crippen LogP contribution in [0.3, 0.4) is 0 Å². The predicted octanol–water partition coefficient (Wildman–Crippen LogP) is 4.70. The Morgan fingerprint density at radius 3 is 1.27 bits per heavy atom. The second-order valence-corrected chi connectivity index (χ2v) is 8.44. The Hall–Kier alpha value is -2.58. The highest BCUT2D eigenvalue weighted by molar-refractivity contribution is 5.19. The van der Waals surface area contributed by atoms with E-state index in [1.807, 2.05) is 91.0 Å². The number of benzene rings is 3. The van der Waals surface area contributed by atoms with Crippen molar-refractivity contribution in [3.05, 3.63) is 108 Å². The lowest BCUT2D eigenvalue weighted by atomic mass is 10.0. The summed E-state index contributed by atoms with van der Waals surface area (Å²) in [5.41, 5.74) is 2.89. The fourth-order valence-corrected chi connectivity index (χ4v) is 4.59. The van der Waals surface area contributed by atoms with Crippen LogP contribution in [0.5, 0.6) is 0 Å². The van der Waals surface area contributed by atoms with Crippen LogP contribution in [0.25, 0.3) is 0 Å². The first kappa shape index (κ1) is 21.0. The van der Waals surface area contributed by atoms with Crippen molar-refractivity contribution in [3.63, 3.8) is 0 Å².